The minimum Gasteiger partial charge on any atom is -0.480 e. The fourth-order valence-corrected chi connectivity index (χ4v) is 2.36. The molecule has 0 aromatic carbocycles. The van der Waals surface area contributed by atoms with Gasteiger partial charge in [0.05, 0.1) is 18.8 Å². The van der Waals surface area contributed by atoms with Crippen molar-refractivity contribution in [2.45, 2.75) is 38.3 Å². The van der Waals surface area contributed by atoms with Gasteiger partial charge in [0, 0.05) is 24.7 Å². The molecule has 2 heterocycles. The van der Waals surface area contributed by atoms with Crippen LogP contribution in [-0.2, 0) is 23.3 Å². The Morgan fingerprint density at radius 3 is 2.94 bits per heavy atom. The summed E-state index contributed by atoms with van der Waals surface area (Å²) in [6.07, 6.45) is 4.60. The molecule has 5 nitrogen and oxygen atoms in total. The van der Waals surface area contributed by atoms with Gasteiger partial charge in [0.25, 0.3) is 0 Å². The van der Waals surface area contributed by atoms with Gasteiger partial charge >= 0.3 is 5.97 Å². The van der Waals surface area contributed by atoms with Crippen molar-refractivity contribution in [1.82, 2.24) is 14.5 Å². The smallest absolute Gasteiger partial charge is 0.317 e. The third-order valence-corrected chi connectivity index (χ3v) is 3.86. The zero-order chi connectivity index (χ0) is 12.0. The van der Waals surface area contributed by atoms with E-state index >= 15 is 0 Å². The third-order valence-electron chi connectivity index (χ3n) is 3.86. The molecule has 1 fully saturated rings. The largest absolute Gasteiger partial charge is 0.480 e. The lowest BCUT2D eigenvalue weighted by atomic mass is 10.1. The van der Waals surface area contributed by atoms with E-state index in [2.05, 4.69) is 22.7 Å². The fourth-order valence-electron chi connectivity index (χ4n) is 2.36. The number of fused-ring (bicyclic) bond motifs is 1. The van der Waals surface area contributed by atoms with Crippen molar-refractivity contribution in [1.29, 1.82) is 0 Å². The number of carbonyl (C=O) groups is 1. The lowest BCUT2D eigenvalue weighted by Gasteiger charge is -2.25. The Morgan fingerprint density at radius 2 is 2.29 bits per heavy atom. The van der Waals surface area contributed by atoms with Gasteiger partial charge in [-0.3, -0.25) is 9.69 Å². The van der Waals surface area contributed by atoms with E-state index in [0.29, 0.717) is 12.0 Å². The second kappa shape index (κ2) is 3.57. The summed E-state index contributed by atoms with van der Waals surface area (Å²) in [6, 6.07) is 0. The van der Waals surface area contributed by atoms with Gasteiger partial charge in [0.1, 0.15) is 5.82 Å². The van der Waals surface area contributed by atoms with Crippen LogP contribution in [0, 0.1) is 0 Å². The highest BCUT2D eigenvalue weighted by Gasteiger charge is 2.42. The van der Waals surface area contributed by atoms with Crippen molar-refractivity contribution < 1.29 is 9.90 Å². The molecule has 1 aliphatic carbocycles. The van der Waals surface area contributed by atoms with Crippen molar-refractivity contribution in [3.8, 4) is 0 Å². The number of aliphatic carboxylic acids is 1. The summed E-state index contributed by atoms with van der Waals surface area (Å²) in [5, 5.41) is 8.79. The summed E-state index contributed by atoms with van der Waals surface area (Å²) in [6.45, 7) is 4.66. The highest BCUT2D eigenvalue weighted by Crippen LogP contribution is 2.47. The zero-order valence-electron chi connectivity index (χ0n) is 10.0. The van der Waals surface area contributed by atoms with Crippen LogP contribution in [0.1, 0.15) is 31.3 Å². The number of rotatable bonds is 3. The Balaban J connectivity index is 1.78. The second-order valence-electron chi connectivity index (χ2n) is 5.40. The van der Waals surface area contributed by atoms with Crippen LogP contribution in [0.3, 0.4) is 0 Å². The maximum Gasteiger partial charge on any atom is 0.317 e. The topological polar surface area (TPSA) is 58.4 Å². The summed E-state index contributed by atoms with van der Waals surface area (Å²) >= 11 is 0. The summed E-state index contributed by atoms with van der Waals surface area (Å²) in [4.78, 5) is 17.3. The van der Waals surface area contributed by atoms with Gasteiger partial charge in [-0.25, -0.2) is 4.98 Å². The standard InChI is InChI=1S/C12H17N3O2/c1-12(2-3-12)9-6-15-5-4-14(8-11(16)17)7-10(15)13-9/h6H,2-5,7-8H2,1H3,(H,16,17). The van der Waals surface area contributed by atoms with E-state index in [1.165, 1.54) is 18.5 Å². The number of nitrogens with zero attached hydrogens (tertiary/aromatic N) is 3. The quantitative estimate of drug-likeness (QED) is 0.843. The number of imidazole rings is 1. The van der Waals surface area contributed by atoms with Gasteiger partial charge in [-0.1, -0.05) is 6.92 Å². The first-order valence-electron chi connectivity index (χ1n) is 6.07. The van der Waals surface area contributed by atoms with Crippen LogP contribution >= 0.6 is 0 Å². The summed E-state index contributed by atoms with van der Waals surface area (Å²) in [5.41, 5.74) is 1.48. The van der Waals surface area contributed by atoms with E-state index in [9.17, 15) is 4.79 Å². The Morgan fingerprint density at radius 1 is 1.53 bits per heavy atom. The minimum atomic E-state index is -0.764. The normalized spacial score (nSPS) is 22.2. The van der Waals surface area contributed by atoms with Gasteiger partial charge in [0.15, 0.2) is 0 Å². The molecule has 0 saturated heterocycles. The zero-order valence-corrected chi connectivity index (χ0v) is 10.0. The fraction of sp³-hybridized carbons (Fsp3) is 0.667. The number of carboxylic acid groups (broad SMARTS) is 1. The van der Waals surface area contributed by atoms with Crippen molar-refractivity contribution in [2.24, 2.45) is 0 Å². The minimum absolute atomic E-state index is 0.111. The Labute approximate surface area is 100 Å². The van der Waals surface area contributed by atoms with Crippen LogP contribution in [0.5, 0.6) is 0 Å². The van der Waals surface area contributed by atoms with E-state index in [-0.39, 0.29) is 6.54 Å². The SMILES string of the molecule is CC1(c2cn3c(n2)CN(CC(=O)O)CC3)CC1. The van der Waals surface area contributed by atoms with Gasteiger partial charge in [-0.2, -0.15) is 0 Å². The Hall–Kier alpha value is -1.36. The average Bonchev–Trinajstić information content (AvgIpc) is 2.87. The number of carboxylic acids is 1. The van der Waals surface area contributed by atoms with Gasteiger partial charge in [0.2, 0.25) is 0 Å². The van der Waals surface area contributed by atoms with Crippen LogP contribution in [0.4, 0.5) is 0 Å². The lowest BCUT2D eigenvalue weighted by molar-refractivity contribution is -0.138. The molecule has 5 heteroatoms. The van der Waals surface area contributed by atoms with Gasteiger partial charge < -0.3 is 9.67 Å². The van der Waals surface area contributed by atoms with Crippen molar-refractivity contribution >= 4 is 5.97 Å². The Bertz CT molecular complexity index is 462. The number of hydrogen-bond acceptors (Lipinski definition) is 3. The molecular weight excluding hydrogens is 218 g/mol. The average molecular weight is 235 g/mol. The summed E-state index contributed by atoms with van der Waals surface area (Å²) in [7, 11) is 0. The van der Waals surface area contributed by atoms with E-state index in [1.807, 2.05) is 4.90 Å². The summed E-state index contributed by atoms with van der Waals surface area (Å²) in [5.74, 6) is 0.250. The second-order valence-corrected chi connectivity index (χ2v) is 5.40. The molecule has 1 N–H and O–H groups in total. The maximum atomic E-state index is 10.7. The molecule has 1 aromatic rings. The monoisotopic (exact) mass is 235 g/mol. The molecule has 0 spiro atoms. The molecule has 0 radical (unpaired) electrons. The highest BCUT2D eigenvalue weighted by atomic mass is 16.4. The van der Waals surface area contributed by atoms with E-state index in [1.54, 1.807) is 0 Å². The first kappa shape index (κ1) is 10.8. The molecular formula is C12H17N3O2. The highest BCUT2D eigenvalue weighted by molar-refractivity contribution is 5.69. The van der Waals surface area contributed by atoms with E-state index in [0.717, 1.165) is 18.9 Å². The number of aromatic nitrogens is 2. The molecule has 92 valence electrons. The molecule has 0 atom stereocenters. The van der Waals surface area contributed by atoms with Crippen LogP contribution < -0.4 is 0 Å². The molecule has 1 aliphatic heterocycles. The van der Waals surface area contributed by atoms with Gasteiger partial charge in [-0.15, -0.1) is 0 Å². The molecule has 17 heavy (non-hydrogen) atoms. The van der Waals surface area contributed by atoms with Crippen LogP contribution in [0.15, 0.2) is 6.20 Å². The van der Waals surface area contributed by atoms with Crippen LogP contribution in [0.2, 0.25) is 0 Å². The molecule has 1 aromatic heterocycles. The van der Waals surface area contributed by atoms with Crippen molar-refractivity contribution in [3.05, 3.63) is 17.7 Å². The van der Waals surface area contributed by atoms with E-state index in [4.69, 9.17) is 5.11 Å². The van der Waals surface area contributed by atoms with E-state index < -0.39 is 5.97 Å². The number of hydrogen-bond donors (Lipinski definition) is 1. The molecule has 1 saturated carbocycles. The van der Waals surface area contributed by atoms with Gasteiger partial charge in [-0.05, 0) is 12.8 Å². The predicted octanol–water partition coefficient (Wildman–Crippen LogP) is 0.835. The summed E-state index contributed by atoms with van der Waals surface area (Å²) < 4.78 is 2.18. The Kier molecular flexibility index (Phi) is 2.26. The molecule has 2 aliphatic rings. The molecule has 0 unspecified atom stereocenters. The predicted molar refractivity (Wildman–Crippen MR) is 61.7 cm³/mol. The van der Waals surface area contributed by atoms with Crippen LogP contribution in [-0.4, -0.2) is 38.6 Å². The maximum absolute atomic E-state index is 10.7. The lowest BCUT2D eigenvalue weighted by Crippen LogP contribution is -2.37. The third kappa shape index (κ3) is 1.95. The molecule has 0 amide bonds. The first-order chi connectivity index (χ1) is 8.07. The van der Waals surface area contributed by atoms with Crippen molar-refractivity contribution in [3.63, 3.8) is 0 Å². The first-order valence-corrected chi connectivity index (χ1v) is 6.07. The molecule has 0 bridgehead atoms. The van der Waals surface area contributed by atoms with Crippen LogP contribution in [0.25, 0.3) is 0 Å². The molecule has 3 rings (SSSR count). The van der Waals surface area contributed by atoms with Crippen molar-refractivity contribution in [2.75, 3.05) is 13.1 Å².